The van der Waals surface area contributed by atoms with Gasteiger partial charge in [-0.2, -0.15) is 5.26 Å². The quantitative estimate of drug-likeness (QED) is 0.597. The van der Waals surface area contributed by atoms with Crippen LogP contribution in [0.1, 0.15) is 18.2 Å². The largest absolute Gasteiger partial charge is 0.466 e. The van der Waals surface area contributed by atoms with Crippen molar-refractivity contribution in [2.45, 2.75) is 17.7 Å². The molecule has 0 aromatic carbocycles. The third-order valence-corrected chi connectivity index (χ3v) is 5.43. The van der Waals surface area contributed by atoms with Crippen LogP contribution in [-0.4, -0.2) is 29.2 Å². The van der Waals surface area contributed by atoms with Gasteiger partial charge in [-0.05, 0) is 18.4 Å². The van der Waals surface area contributed by atoms with E-state index >= 15 is 0 Å². The monoisotopic (exact) mass is 367 g/mol. The van der Waals surface area contributed by atoms with Crippen molar-refractivity contribution in [1.82, 2.24) is 4.98 Å². The van der Waals surface area contributed by atoms with Crippen LogP contribution in [0.4, 0.5) is 5.00 Å². The molecule has 6 nitrogen and oxygen atoms in total. The SMILES string of the molecule is CCOC(=O)Cc1csc(SCC(=O)Nc2sccc2C#N)n1. The summed E-state index contributed by atoms with van der Waals surface area (Å²) in [6.07, 6.45) is 0.137. The van der Waals surface area contributed by atoms with Crippen molar-refractivity contribution in [3.05, 3.63) is 28.1 Å². The molecular formula is C14H13N3O3S3. The van der Waals surface area contributed by atoms with Crippen molar-refractivity contribution in [3.63, 3.8) is 0 Å². The minimum Gasteiger partial charge on any atom is -0.466 e. The van der Waals surface area contributed by atoms with E-state index in [1.807, 2.05) is 6.07 Å². The Labute approximate surface area is 145 Å². The van der Waals surface area contributed by atoms with Crippen LogP contribution in [0.15, 0.2) is 21.2 Å². The number of nitrogens with one attached hydrogen (secondary N) is 1. The lowest BCUT2D eigenvalue weighted by Gasteiger charge is -2.01. The van der Waals surface area contributed by atoms with Gasteiger partial charge in [-0.15, -0.1) is 22.7 Å². The van der Waals surface area contributed by atoms with E-state index in [0.29, 0.717) is 27.2 Å². The lowest BCUT2D eigenvalue weighted by molar-refractivity contribution is -0.142. The van der Waals surface area contributed by atoms with Crippen molar-refractivity contribution in [1.29, 1.82) is 5.26 Å². The predicted octanol–water partition coefficient (Wildman–Crippen LogP) is 2.91. The lowest BCUT2D eigenvalue weighted by atomic mass is 10.3. The zero-order valence-electron chi connectivity index (χ0n) is 12.2. The molecule has 0 spiro atoms. The normalized spacial score (nSPS) is 10.1. The number of hydrogen-bond donors (Lipinski definition) is 1. The Hall–Kier alpha value is -1.89. The Morgan fingerprint density at radius 2 is 2.30 bits per heavy atom. The first-order chi connectivity index (χ1) is 11.1. The van der Waals surface area contributed by atoms with Crippen LogP contribution in [0, 0.1) is 11.3 Å². The summed E-state index contributed by atoms with van der Waals surface area (Å²) >= 11 is 3.98. The van der Waals surface area contributed by atoms with E-state index < -0.39 is 0 Å². The summed E-state index contributed by atoms with van der Waals surface area (Å²) in [6.45, 7) is 2.10. The fourth-order valence-corrected chi connectivity index (χ4v) is 3.98. The molecule has 1 amide bonds. The summed E-state index contributed by atoms with van der Waals surface area (Å²) in [5, 5.41) is 15.7. The molecule has 2 aromatic heterocycles. The molecule has 0 bridgehead atoms. The van der Waals surface area contributed by atoms with E-state index in [9.17, 15) is 9.59 Å². The number of anilines is 1. The zero-order chi connectivity index (χ0) is 16.7. The Kier molecular flexibility index (Phi) is 6.58. The van der Waals surface area contributed by atoms with Crippen molar-refractivity contribution in [2.24, 2.45) is 0 Å². The van der Waals surface area contributed by atoms with Gasteiger partial charge in [0.15, 0.2) is 4.34 Å². The van der Waals surface area contributed by atoms with Crippen molar-refractivity contribution in [2.75, 3.05) is 17.7 Å². The van der Waals surface area contributed by atoms with Gasteiger partial charge in [0.05, 0.1) is 30.0 Å². The highest BCUT2D eigenvalue weighted by molar-refractivity contribution is 8.01. The van der Waals surface area contributed by atoms with E-state index in [-0.39, 0.29) is 24.1 Å². The molecule has 0 radical (unpaired) electrons. The molecule has 9 heteroatoms. The maximum Gasteiger partial charge on any atom is 0.311 e. The van der Waals surface area contributed by atoms with Gasteiger partial charge in [0, 0.05) is 5.38 Å². The maximum atomic E-state index is 11.9. The number of carbonyl (C=O) groups is 2. The molecule has 0 saturated carbocycles. The smallest absolute Gasteiger partial charge is 0.311 e. The Bertz CT molecular complexity index is 733. The van der Waals surface area contributed by atoms with Gasteiger partial charge in [-0.1, -0.05) is 11.8 Å². The molecular weight excluding hydrogens is 354 g/mol. The van der Waals surface area contributed by atoms with Gasteiger partial charge in [-0.3, -0.25) is 9.59 Å². The predicted molar refractivity (Wildman–Crippen MR) is 90.8 cm³/mol. The number of hydrogen-bond acceptors (Lipinski definition) is 8. The molecule has 23 heavy (non-hydrogen) atoms. The van der Waals surface area contributed by atoms with Gasteiger partial charge in [-0.25, -0.2) is 4.98 Å². The molecule has 0 aliphatic rings. The zero-order valence-corrected chi connectivity index (χ0v) is 14.6. The van der Waals surface area contributed by atoms with Gasteiger partial charge < -0.3 is 10.1 Å². The van der Waals surface area contributed by atoms with E-state index in [1.54, 1.807) is 23.8 Å². The van der Waals surface area contributed by atoms with Crippen LogP contribution in [0.25, 0.3) is 0 Å². The number of aromatic nitrogens is 1. The highest BCUT2D eigenvalue weighted by Crippen LogP contribution is 2.25. The summed E-state index contributed by atoms with van der Waals surface area (Å²) in [5.74, 6) is -0.320. The number of amides is 1. The highest BCUT2D eigenvalue weighted by atomic mass is 32.2. The minimum atomic E-state index is -0.311. The first-order valence-corrected chi connectivity index (χ1v) is 9.37. The second-order valence-electron chi connectivity index (χ2n) is 4.20. The standard InChI is InChI=1S/C14H13N3O3S3/c1-2-20-12(19)5-10-7-22-14(16-10)23-8-11(18)17-13-9(6-15)3-4-21-13/h3-4,7H,2,5,8H2,1H3,(H,17,18). The van der Waals surface area contributed by atoms with Crippen LogP contribution >= 0.6 is 34.4 Å². The van der Waals surface area contributed by atoms with Gasteiger partial charge in [0.1, 0.15) is 11.1 Å². The number of thiazole rings is 1. The number of ether oxygens (including phenoxy) is 1. The van der Waals surface area contributed by atoms with E-state index in [2.05, 4.69) is 10.3 Å². The molecule has 0 aliphatic heterocycles. The average molecular weight is 367 g/mol. The number of esters is 1. The maximum absolute atomic E-state index is 11.9. The minimum absolute atomic E-state index is 0.137. The Morgan fingerprint density at radius 1 is 1.48 bits per heavy atom. The van der Waals surface area contributed by atoms with Crippen molar-refractivity contribution < 1.29 is 14.3 Å². The van der Waals surface area contributed by atoms with Gasteiger partial charge >= 0.3 is 5.97 Å². The summed E-state index contributed by atoms with van der Waals surface area (Å²) in [5.41, 5.74) is 1.10. The van der Waals surface area contributed by atoms with E-state index in [4.69, 9.17) is 10.00 Å². The summed E-state index contributed by atoms with van der Waals surface area (Å²) in [4.78, 5) is 27.5. The van der Waals surface area contributed by atoms with Gasteiger partial charge in [0.25, 0.3) is 0 Å². The van der Waals surface area contributed by atoms with Crippen molar-refractivity contribution >= 4 is 51.3 Å². The topological polar surface area (TPSA) is 92.1 Å². The number of nitrogens with zero attached hydrogens (tertiary/aromatic N) is 2. The number of thioether (sulfide) groups is 1. The molecule has 1 N–H and O–H groups in total. The molecule has 0 unspecified atom stereocenters. The average Bonchev–Trinajstić information content (AvgIpc) is 3.14. The summed E-state index contributed by atoms with van der Waals surface area (Å²) < 4.78 is 5.58. The second-order valence-corrected chi connectivity index (χ2v) is 7.20. The molecule has 0 saturated heterocycles. The number of rotatable bonds is 7. The first kappa shape index (κ1) is 17.5. The molecule has 2 aromatic rings. The van der Waals surface area contributed by atoms with Crippen molar-refractivity contribution in [3.8, 4) is 6.07 Å². The number of carbonyl (C=O) groups excluding carboxylic acids is 2. The van der Waals surface area contributed by atoms with Gasteiger partial charge in [0.2, 0.25) is 5.91 Å². The molecule has 120 valence electrons. The molecule has 0 aliphatic carbocycles. The summed E-state index contributed by atoms with van der Waals surface area (Å²) in [7, 11) is 0. The number of thiophene rings is 1. The number of nitriles is 1. The van der Waals surface area contributed by atoms with Crippen LogP contribution < -0.4 is 5.32 Å². The molecule has 0 fully saturated rings. The highest BCUT2D eigenvalue weighted by Gasteiger charge is 2.12. The fourth-order valence-electron chi connectivity index (χ4n) is 1.58. The summed E-state index contributed by atoms with van der Waals surface area (Å²) in [6, 6.07) is 3.68. The second kappa shape index (κ2) is 8.67. The van der Waals surface area contributed by atoms with Crippen LogP contribution in [0.2, 0.25) is 0 Å². The third-order valence-electron chi connectivity index (χ3n) is 2.53. The van der Waals surface area contributed by atoms with Crippen LogP contribution in [0.3, 0.4) is 0 Å². The molecule has 0 atom stereocenters. The Morgan fingerprint density at radius 3 is 3.04 bits per heavy atom. The fraction of sp³-hybridized carbons (Fsp3) is 0.286. The molecule has 2 heterocycles. The van der Waals surface area contributed by atoms with Crippen LogP contribution in [-0.2, 0) is 20.7 Å². The van der Waals surface area contributed by atoms with E-state index in [0.717, 1.165) is 0 Å². The lowest BCUT2D eigenvalue weighted by Crippen LogP contribution is -2.13. The Balaban J connectivity index is 1.82. The first-order valence-electron chi connectivity index (χ1n) is 6.62. The third kappa shape index (κ3) is 5.35. The van der Waals surface area contributed by atoms with E-state index in [1.165, 1.54) is 34.4 Å². The molecule has 2 rings (SSSR count). The van der Waals surface area contributed by atoms with Crippen LogP contribution in [0.5, 0.6) is 0 Å².